The lowest BCUT2D eigenvalue weighted by Crippen LogP contribution is -2.49. The molecule has 2 N–H and O–H groups in total. The van der Waals surface area contributed by atoms with Crippen molar-refractivity contribution in [3.63, 3.8) is 0 Å². The van der Waals surface area contributed by atoms with Gasteiger partial charge in [-0.15, -0.1) is 0 Å². The molecule has 0 aromatic rings. The van der Waals surface area contributed by atoms with Crippen LogP contribution in [-0.4, -0.2) is 41.4 Å². The third kappa shape index (κ3) is 3.11. The minimum absolute atomic E-state index is 0.108. The lowest BCUT2D eigenvalue weighted by atomic mass is 9.98. The average Bonchev–Trinajstić information content (AvgIpc) is 2.78. The quantitative estimate of drug-likeness (QED) is 0.792. The van der Waals surface area contributed by atoms with Gasteiger partial charge in [-0.3, -0.25) is 4.79 Å². The van der Waals surface area contributed by atoms with Gasteiger partial charge in [-0.1, -0.05) is 20.3 Å². The van der Waals surface area contributed by atoms with E-state index in [2.05, 4.69) is 6.92 Å². The Hall–Kier alpha value is -0.220. The molecule has 1 aliphatic heterocycles. The summed E-state index contributed by atoms with van der Waals surface area (Å²) in [6.07, 6.45) is 2.07. The van der Waals surface area contributed by atoms with Gasteiger partial charge in [-0.25, -0.2) is 0 Å². The Morgan fingerprint density at radius 2 is 2.33 bits per heavy atom. The smallest absolute Gasteiger partial charge is 0.239 e. The third-order valence-electron chi connectivity index (χ3n) is 3.34. The van der Waals surface area contributed by atoms with Crippen LogP contribution in [0.15, 0.2) is 0 Å². The predicted octanol–water partition coefficient (Wildman–Crippen LogP) is 1.32. The molecular formula is C11H22N2OS. The fourth-order valence-corrected chi connectivity index (χ4v) is 3.01. The summed E-state index contributed by atoms with van der Waals surface area (Å²) in [5.41, 5.74) is 5.94. The second-order valence-corrected chi connectivity index (χ2v) is 5.53. The van der Waals surface area contributed by atoms with Crippen LogP contribution in [-0.2, 0) is 4.79 Å². The van der Waals surface area contributed by atoms with Crippen LogP contribution in [0.4, 0.5) is 0 Å². The maximum atomic E-state index is 12.0. The first-order chi connectivity index (χ1) is 7.07. The second-order valence-electron chi connectivity index (χ2n) is 4.38. The molecule has 4 heteroatoms. The molecule has 1 saturated heterocycles. The van der Waals surface area contributed by atoms with Crippen molar-refractivity contribution in [1.82, 2.24) is 4.90 Å². The van der Waals surface area contributed by atoms with Gasteiger partial charge in [0.1, 0.15) is 0 Å². The summed E-state index contributed by atoms with van der Waals surface area (Å²) in [4.78, 5) is 13.9. The third-order valence-corrected chi connectivity index (χ3v) is 4.49. The van der Waals surface area contributed by atoms with E-state index in [4.69, 9.17) is 5.73 Å². The largest absolute Gasteiger partial charge is 0.341 e. The van der Waals surface area contributed by atoms with E-state index in [9.17, 15) is 4.79 Å². The molecule has 3 nitrogen and oxygen atoms in total. The highest BCUT2D eigenvalue weighted by molar-refractivity contribution is 7.99. The van der Waals surface area contributed by atoms with Gasteiger partial charge in [0.25, 0.3) is 0 Å². The molecule has 0 saturated carbocycles. The zero-order valence-electron chi connectivity index (χ0n) is 9.90. The number of rotatable bonds is 4. The van der Waals surface area contributed by atoms with Crippen LogP contribution < -0.4 is 5.73 Å². The van der Waals surface area contributed by atoms with Crippen LogP contribution in [0.2, 0.25) is 0 Å². The number of carbonyl (C=O) groups excluding carboxylic acids is 1. The molecule has 0 bridgehead atoms. The number of hydrogen-bond donors (Lipinski definition) is 1. The van der Waals surface area contributed by atoms with Crippen LogP contribution in [0.5, 0.6) is 0 Å². The summed E-state index contributed by atoms with van der Waals surface area (Å²) in [5.74, 6) is 2.61. The van der Waals surface area contributed by atoms with Gasteiger partial charge in [-0.05, 0) is 18.1 Å². The number of carbonyl (C=O) groups is 1. The summed E-state index contributed by atoms with van der Waals surface area (Å²) in [5, 5.41) is 0. The van der Waals surface area contributed by atoms with E-state index in [1.807, 2.05) is 30.6 Å². The van der Waals surface area contributed by atoms with Crippen molar-refractivity contribution in [3.05, 3.63) is 0 Å². The number of likely N-dealkylation sites (N-methyl/N-ethyl adjacent to an activating group) is 1. The first kappa shape index (κ1) is 12.8. The van der Waals surface area contributed by atoms with Gasteiger partial charge in [0.05, 0.1) is 6.04 Å². The highest BCUT2D eigenvalue weighted by Gasteiger charge is 2.29. The van der Waals surface area contributed by atoms with Gasteiger partial charge in [0.15, 0.2) is 0 Å². The zero-order valence-corrected chi connectivity index (χ0v) is 10.7. The summed E-state index contributed by atoms with van der Waals surface area (Å²) in [7, 11) is 1.89. The van der Waals surface area contributed by atoms with E-state index in [0.29, 0.717) is 6.04 Å². The van der Waals surface area contributed by atoms with Gasteiger partial charge in [0, 0.05) is 18.8 Å². The molecule has 1 fully saturated rings. The van der Waals surface area contributed by atoms with Crippen molar-refractivity contribution in [3.8, 4) is 0 Å². The van der Waals surface area contributed by atoms with Crippen molar-refractivity contribution >= 4 is 17.7 Å². The molecule has 0 spiro atoms. The Balaban J connectivity index is 2.50. The number of nitrogens with zero attached hydrogens (tertiary/aromatic N) is 1. The summed E-state index contributed by atoms with van der Waals surface area (Å²) >= 11 is 1.92. The van der Waals surface area contributed by atoms with E-state index in [0.717, 1.165) is 18.6 Å². The van der Waals surface area contributed by atoms with Crippen LogP contribution in [0.3, 0.4) is 0 Å². The first-order valence-corrected chi connectivity index (χ1v) is 6.83. The van der Waals surface area contributed by atoms with Crippen LogP contribution in [0.1, 0.15) is 26.7 Å². The van der Waals surface area contributed by atoms with E-state index >= 15 is 0 Å². The normalized spacial score (nSPS) is 24.9. The fourth-order valence-electron chi connectivity index (χ4n) is 1.74. The first-order valence-electron chi connectivity index (χ1n) is 5.68. The minimum Gasteiger partial charge on any atom is -0.341 e. The predicted molar refractivity (Wildman–Crippen MR) is 65.9 cm³/mol. The van der Waals surface area contributed by atoms with Gasteiger partial charge >= 0.3 is 0 Å². The molecule has 0 aromatic carbocycles. The minimum atomic E-state index is -0.328. The maximum Gasteiger partial charge on any atom is 0.239 e. The van der Waals surface area contributed by atoms with Crippen molar-refractivity contribution < 1.29 is 4.79 Å². The summed E-state index contributed by atoms with van der Waals surface area (Å²) < 4.78 is 0. The lowest BCUT2D eigenvalue weighted by molar-refractivity contribution is -0.134. The van der Waals surface area contributed by atoms with Crippen LogP contribution in [0, 0.1) is 5.92 Å². The van der Waals surface area contributed by atoms with Crippen LogP contribution >= 0.6 is 11.8 Å². The molecule has 0 radical (unpaired) electrons. The molecule has 1 aliphatic rings. The maximum absolute atomic E-state index is 12.0. The Bertz CT molecular complexity index is 217. The van der Waals surface area contributed by atoms with Crippen molar-refractivity contribution in [1.29, 1.82) is 0 Å². The van der Waals surface area contributed by atoms with E-state index in [1.54, 1.807) is 0 Å². The Morgan fingerprint density at radius 3 is 2.80 bits per heavy atom. The SMILES string of the molecule is CCC(C)[C@H](N)C(=O)N(C)C1CCSC1. The highest BCUT2D eigenvalue weighted by Crippen LogP contribution is 2.22. The molecule has 1 heterocycles. The number of amides is 1. The molecule has 2 unspecified atom stereocenters. The summed E-state index contributed by atoms with van der Waals surface area (Å²) in [6, 6.07) is 0.0724. The van der Waals surface area contributed by atoms with Crippen molar-refractivity contribution in [2.24, 2.45) is 11.7 Å². The zero-order chi connectivity index (χ0) is 11.4. The Morgan fingerprint density at radius 1 is 1.67 bits per heavy atom. The standard InChI is InChI=1S/C11H22N2OS/c1-4-8(2)10(12)11(14)13(3)9-5-6-15-7-9/h8-10H,4-7,12H2,1-3H3/t8?,9?,10-/m0/s1. The molecular weight excluding hydrogens is 208 g/mol. The second kappa shape index (κ2) is 5.75. The van der Waals surface area contributed by atoms with Crippen molar-refractivity contribution in [2.45, 2.75) is 38.8 Å². The number of hydrogen-bond acceptors (Lipinski definition) is 3. The van der Waals surface area contributed by atoms with E-state index < -0.39 is 0 Å². The molecule has 15 heavy (non-hydrogen) atoms. The Labute approximate surface area is 96.8 Å². The molecule has 1 amide bonds. The van der Waals surface area contributed by atoms with Gasteiger partial charge in [0.2, 0.25) is 5.91 Å². The molecule has 1 rings (SSSR count). The van der Waals surface area contributed by atoms with Crippen LogP contribution in [0.25, 0.3) is 0 Å². The fraction of sp³-hybridized carbons (Fsp3) is 0.909. The molecule has 0 aliphatic carbocycles. The van der Waals surface area contributed by atoms with Gasteiger partial charge in [-0.2, -0.15) is 11.8 Å². The lowest BCUT2D eigenvalue weighted by Gasteiger charge is -2.28. The van der Waals surface area contributed by atoms with Gasteiger partial charge < -0.3 is 10.6 Å². The monoisotopic (exact) mass is 230 g/mol. The molecule has 0 aromatic heterocycles. The molecule has 3 atom stereocenters. The topological polar surface area (TPSA) is 46.3 Å². The average molecular weight is 230 g/mol. The highest BCUT2D eigenvalue weighted by atomic mass is 32.2. The summed E-state index contributed by atoms with van der Waals surface area (Å²) in [6.45, 7) is 4.11. The van der Waals surface area contributed by atoms with E-state index in [1.165, 1.54) is 5.75 Å². The number of thioether (sulfide) groups is 1. The van der Waals surface area contributed by atoms with Crippen molar-refractivity contribution in [2.75, 3.05) is 18.6 Å². The Kier molecular flexibility index (Phi) is 4.93. The molecule has 88 valence electrons. The van der Waals surface area contributed by atoms with E-state index in [-0.39, 0.29) is 17.9 Å². The number of nitrogens with two attached hydrogens (primary N) is 1.